The molecule has 15 heavy (non-hydrogen) atoms. The lowest BCUT2D eigenvalue weighted by Gasteiger charge is -2.23. The van der Waals surface area contributed by atoms with E-state index in [1.165, 1.54) is 12.0 Å². The molecule has 3 unspecified atom stereocenters. The predicted octanol–water partition coefficient (Wildman–Crippen LogP) is 4.68. The highest BCUT2D eigenvalue weighted by molar-refractivity contribution is 5.23. The maximum atomic E-state index is 4.17. The van der Waals surface area contributed by atoms with Gasteiger partial charge in [0.05, 0.1) is 0 Å². The van der Waals surface area contributed by atoms with Crippen LogP contribution in [0, 0.1) is 29.1 Å². The molecule has 1 saturated carbocycles. The van der Waals surface area contributed by atoms with Gasteiger partial charge in [0, 0.05) is 0 Å². The van der Waals surface area contributed by atoms with Gasteiger partial charge in [-0.05, 0) is 29.1 Å². The highest BCUT2D eigenvalue weighted by atomic mass is 14.6. The number of hydrogen-bond donors (Lipinski definition) is 0. The van der Waals surface area contributed by atoms with Crippen LogP contribution < -0.4 is 0 Å². The fourth-order valence-electron chi connectivity index (χ4n) is 3.49. The molecule has 0 aromatic rings. The molecule has 0 heterocycles. The number of hydrogen-bond acceptors (Lipinski definition) is 0. The van der Waals surface area contributed by atoms with Gasteiger partial charge in [-0.1, -0.05) is 65.8 Å². The van der Waals surface area contributed by atoms with Crippen LogP contribution in [0.25, 0.3) is 0 Å². The molecule has 1 rings (SSSR count). The lowest BCUT2D eigenvalue weighted by Crippen LogP contribution is -2.15. The van der Waals surface area contributed by atoms with E-state index in [4.69, 9.17) is 0 Å². The Morgan fingerprint density at radius 2 is 1.93 bits per heavy atom. The van der Waals surface area contributed by atoms with Crippen LogP contribution in [0.3, 0.4) is 0 Å². The summed E-state index contributed by atoms with van der Waals surface area (Å²) in [5.41, 5.74) is 1.74. The molecule has 0 heteroatoms. The molecule has 0 saturated heterocycles. The van der Waals surface area contributed by atoms with Gasteiger partial charge >= 0.3 is 0 Å². The van der Waals surface area contributed by atoms with E-state index in [0.29, 0.717) is 17.3 Å². The average Bonchev–Trinajstić information content (AvgIpc) is 2.67. The van der Waals surface area contributed by atoms with Crippen molar-refractivity contribution in [2.24, 2.45) is 29.1 Å². The van der Waals surface area contributed by atoms with Crippen molar-refractivity contribution in [3.8, 4) is 0 Å². The Labute approximate surface area is 95.5 Å². The standard InChI is InChI=1S/C15H26/c1-8-11(5)13(10(3)4)14-12(9-2)15(14,6)7/h8,10,12-14H,1,5,9H2,2-4,6-7H3. The summed E-state index contributed by atoms with van der Waals surface area (Å²) in [6.45, 7) is 19.8. The molecule has 0 radical (unpaired) electrons. The molecule has 0 aromatic heterocycles. The van der Waals surface area contributed by atoms with Crippen LogP contribution >= 0.6 is 0 Å². The summed E-state index contributed by atoms with van der Waals surface area (Å²) >= 11 is 0. The molecule has 1 fully saturated rings. The lowest BCUT2D eigenvalue weighted by molar-refractivity contribution is 0.351. The van der Waals surface area contributed by atoms with Gasteiger partial charge in [-0.3, -0.25) is 0 Å². The van der Waals surface area contributed by atoms with Crippen LogP contribution in [0.4, 0.5) is 0 Å². The Hall–Kier alpha value is -0.520. The van der Waals surface area contributed by atoms with Crippen molar-refractivity contribution in [3.05, 3.63) is 24.8 Å². The summed E-state index contributed by atoms with van der Waals surface area (Å²) < 4.78 is 0. The zero-order valence-corrected chi connectivity index (χ0v) is 11.0. The monoisotopic (exact) mass is 206 g/mol. The molecule has 0 aliphatic heterocycles. The van der Waals surface area contributed by atoms with E-state index in [2.05, 4.69) is 47.8 Å². The fourth-order valence-corrected chi connectivity index (χ4v) is 3.49. The van der Waals surface area contributed by atoms with E-state index in [1.807, 2.05) is 6.08 Å². The van der Waals surface area contributed by atoms with Crippen LogP contribution in [-0.2, 0) is 0 Å². The predicted molar refractivity (Wildman–Crippen MR) is 68.7 cm³/mol. The first kappa shape index (κ1) is 12.5. The number of rotatable bonds is 5. The third-order valence-electron chi connectivity index (χ3n) is 4.37. The second kappa shape index (κ2) is 4.15. The molecule has 0 nitrogen and oxygen atoms in total. The lowest BCUT2D eigenvalue weighted by atomic mass is 9.82. The molecular weight excluding hydrogens is 180 g/mol. The SMILES string of the molecule is C=CC(=C)C(C(C)C)C1C(CC)C1(C)C. The molecule has 1 aliphatic rings. The smallest absolute Gasteiger partial charge is 0.0109 e. The summed E-state index contributed by atoms with van der Waals surface area (Å²) in [6.07, 6.45) is 3.25. The summed E-state index contributed by atoms with van der Waals surface area (Å²) in [5.74, 6) is 2.99. The Morgan fingerprint density at radius 1 is 1.40 bits per heavy atom. The van der Waals surface area contributed by atoms with Crippen molar-refractivity contribution in [2.75, 3.05) is 0 Å². The molecular formula is C15H26. The zero-order valence-electron chi connectivity index (χ0n) is 11.0. The van der Waals surface area contributed by atoms with Crippen molar-refractivity contribution in [1.29, 1.82) is 0 Å². The first-order valence-electron chi connectivity index (χ1n) is 6.19. The average molecular weight is 206 g/mol. The van der Waals surface area contributed by atoms with Gasteiger partial charge in [0.25, 0.3) is 0 Å². The first-order valence-corrected chi connectivity index (χ1v) is 6.19. The molecule has 0 aromatic carbocycles. The van der Waals surface area contributed by atoms with E-state index in [0.717, 1.165) is 11.8 Å². The Morgan fingerprint density at radius 3 is 2.20 bits per heavy atom. The highest BCUT2D eigenvalue weighted by Gasteiger charge is 2.59. The van der Waals surface area contributed by atoms with Crippen LogP contribution in [-0.4, -0.2) is 0 Å². The maximum absolute atomic E-state index is 4.17. The topological polar surface area (TPSA) is 0 Å². The van der Waals surface area contributed by atoms with Crippen molar-refractivity contribution < 1.29 is 0 Å². The van der Waals surface area contributed by atoms with Crippen molar-refractivity contribution in [3.63, 3.8) is 0 Å². The van der Waals surface area contributed by atoms with Crippen molar-refractivity contribution in [2.45, 2.75) is 41.0 Å². The van der Waals surface area contributed by atoms with Crippen LogP contribution in [0.1, 0.15) is 41.0 Å². The molecule has 0 amide bonds. The summed E-state index contributed by atoms with van der Waals surface area (Å²) in [6, 6.07) is 0. The Kier molecular flexibility index (Phi) is 3.48. The normalized spacial score (nSPS) is 30.0. The molecule has 3 atom stereocenters. The molecule has 1 aliphatic carbocycles. The van der Waals surface area contributed by atoms with Crippen molar-refractivity contribution in [1.82, 2.24) is 0 Å². The van der Waals surface area contributed by atoms with Gasteiger partial charge in [0.1, 0.15) is 0 Å². The van der Waals surface area contributed by atoms with Gasteiger partial charge in [0.2, 0.25) is 0 Å². The largest absolute Gasteiger partial charge is 0.0988 e. The van der Waals surface area contributed by atoms with Crippen LogP contribution in [0.5, 0.6) is 0 Å². The van der Waals surface area contributed by atoms with E-state index in [1.54, 1.807) is 0 Å². The summed E-state index contributed by atoms with van der Waals surface area (Å²) in [7, 11) is 0. The second-order valence-corrected chi connectivity index (χ2v) is 5.91. The third-order valence-corrected chi connectivity index (χ3v) is 4.37. The van der Waals surface area contributed by atoms with E-state index in [9.17, 15) is 0 Å². The van der Waals surface area contributed by atoms with Gasteiger partial charge in [-0.25, -0.2) is 0 Å². The van der Waals surface area contributed by atoms with Gasteiger partial charge in [-0.2, -0.15) is 0 Å². The molecule has 86 valence electrons. The summed E-state index contributed by atoms with van der Waals surface area (Å²) in [5, 5.41) is 0. The third kappa shape index (κ3) is 2.04. The van der Waals surface area contributed by atoms with Crippen LogP contribution in [0.15, 0.2) is 24.8 Å². The zero-order chi connectivity index (χ0) is 11.8. The van der Waals surface area contributed by atoms with E-state index in [-0.39, 0.29) is 0 Å². The van der Waals surface area contributed by atoms with Gasteiger partial charge < -0.3 is 0 Å². The van der Waals surface area contributed by atoms with E-state index < -0.39 is 0 Å². The summed E-state index contributed by atoms with van der Waals surface area (Å²) in [4.78, 5) is 0. The molecule has 0 N–H and O–H groups in total. The van der Waals surface area contributed by atoms with Gasteiger partial charge in [0.15, 0.2) is 0 Å². The molecule has 0 bridgehead atoms. The minimum absolute atomic E-state index is 0.510. The molecule has 0 spiro atoms. The van der Waals surface area contributed by atoms with E-state index >= 15 is 0 Å². The first-order chi connectivity index (χ1) is 6.87. The van der Waals surface area contributed by atoms with Crippen molar-refractivity contribution >= 4 is 0 Å². The van der Waals surface area contributed by atoms with Crippen LogP contribution in [0.2, 0.25) is 0 Å². The number of allylic oxidation sites excluding steroid dienone is 2. The highest BCUT2D eigenvalue weighted by Crippen LogP contribution is 2.65. The quantitative estimate of drug-likeness (QED) is 0.573. The minimum Gasteiger partial charge on any atom is -0.0988 e. The second-order valence-electron chi connectivity index (χ2n) is 5.91. The Bertz CT molecular complexity index is 257. The van der Waals surface area contributed by atoms with Gasteiger partial charge in [-0.15, -0.1) is 0 Å². The fraction of sp³-hybridized carbons (Fsp3) is 0.733. The Balaban J connectivity index is 2.85. The maximum Gasteiger partial charge on any atom is -0.0109 e. The minimum atomic E-state index is 0.510.